The minimum atomic E-state index is -1.55. The van der Waals surface area contributed by atoms with Crippen LogP contribution in [0.15, 0.2) is 12.1 Å². The van der Waals surface area contributed by atoms with Crippen molar-refractivity contribution in [2.45, 2.75) is 19.3 Å². The molecule has 0 aromatic heterocycles. The van der Waals surface area contributed by atoms with Crippen LogP contribution in [0.25, 0.3) is 0 Å². The Labute approximate surface area is 107 Å². The number of carbonyl (C=O) groups excluding carboxylic acids is 1. The van der Waals surface area contributed by atoms with Gasteiger partial charge in [-0.2, -0.15) is 0 Å². The molecular formula is C12H12F3NO3. The second kappa shape index (κ2) is 6.77. The summed E-state index contributed by atoms with van der Waals surface area (Å²) in [5.41, 5.74) is -0.0579. The van der Waals surface area contributed by atoms with Crippen molar-refractivity contribution in [3.63, 3.8) is 0 Å². The van der Waals surface area contributed by atoms with Gasteiger partial charge in [0, 0.05) is 13.0 Å². The molecule has 1 rings (SSSR count). The lowest BCUT2D eigenvalue weighted by Crippen LogP contribution is -2.26. The molecule has 0 aliphatic heterocycles. The number of amides is 1. The summed E-state index contributed by atoms with van der Waals surface area (Å²) < 4.78 is 38.8. The second-order valence-electron chi connectivity index (χ2n) is 3.83. The molecule has 0 aliphatic rings. The number of carbonyl (C=O) groups is 2. The van der Waals surface area contributed by atoms with Gasteiger partial charge in [0.25, 0.3) is 0 Å². The van der Waals surface area contributed by atoms with Crippen molar-refractivity contribution < 1.29 is 27.9 Å². The number of aliphatic carboxylic acids is 1. The van der Waals surface area contributed by atoms with Gasteiger partial charge in [0.15, 0.2) is 17.5 Å². The topological polar surface area (TPSA) is 66.4 Å². The zero-order chi connectivity index (χ0) is 14.4. The van der Waals surface area contributed by atoms with Crippen LogP contribution >= 0.6 is 0 Å². The molecule has 0 unspecified atom stereocenters. The maximum atomic E-state index is 13.2. The van der Waals surface area contributed by atoms with E-state index in [2.05, 4.69) is 5.32 Å². The Hall–Kier alpha value is -2.05. The van der Waals surface area contributed by atoms with E-state index in [-0.39, 0.29) is 31.4 Å². The maximum Gasteiger partial charge on any atom is 0.303 e. The molecule has 1 aromatic rings. The molecule has 4 nitrogen and oxygen atoms in total. The Morgan fingerprint density at radius 1 is 1.11 bits per heavy atom. The molecule has 19 heavy (non-hydrogen) atoms. The van der Waals surface area contributed by atoms with Crippen LogP contribution in [0, 0.1) is 17.5 Å². The Morgan fingerprint density at radius 3 is 2.42 bits per heavy atom. The number of benzene rings is 1. The Morgan fingerprint density at radius 2 is 1.79 bits per heavy atom. The summed E-state index contributed by atoms with van der Waals surface area (Å²) in [4.78, 5) is 21.3. The van der Waals surface area contributed by atoms with Crippen LogP contribution in [0.4, 0.5) is 13.2 Å². The lowest BCUT2D eigenvalue weighted by Gasteiger charge is -2.06. The fraction of sp³-hybridized carbons (Fsp3) is 0.333. The zero-order valence-corrected chi connectivity index (χ0v) is 9.88. The summed E-state index contributed by atoms with van der Waals surface area (Å²) in [7, 11) is 0. The van der Waals surface area contributed by atoms with E-state index < -0.39 is 29.3 Å². The third-order valence-corrected chi connectivity index (χ3v) is 2.40. The molecule has 0 spiro atoms. The molecule has 1 amide bonds. The standard InChI is InChI=1S/C12H12F3NO3/c13-8-2-1-7(11(14)12(8)15)5-6-16-9(17)3-4-10(18)19/h1-2H,3-6H2,(H,16,17)(H,18,19). The van der Waals surface area contributed by atoms with Crippen LogP contribution in [0.5, 0.6) is 0 Å². The molecular weight excluding hydrogens is 263 g/mol. The number of rotatable bonds is 6. The number of hydrogen-bond donors (Lipinski definition) is 2. The van der Waals surface area contributed by atoms with Crippen LogP contribution in [-0.2, 0) is 16.0 Å². The summed E-state index contributed by atoms with van der Waals surface area (Å²) in [5, 5.41) is 10.7. The van der Waals surface area contributed by atoms with Crippen molar-refractivity contribution in [1.82, 2.24) is 5.32 Å². The number of halogens is 3. The number of hydrogen-bond acceptors (Lipinski definition) is 2. The van der Waals surface area contributed by atoms with Gasteiger partial charge in [-0.1, -0.05) is 6.07 Å². The minimum absolute atomic E-state index is 0.0121. The SMILES string of the molecule is O=C(O)CCC(=O)NCCc1ccc(F)c(F)c1F. The summed E-state index contributed by atoms with van der Waals surface area (Å²) in [6.45, 7) is 0.0143. The lowest BCUT2D eigenvalue weighted by atomic mass is 10.1. The first kappa shape index (κ1) is 15.0. The monoisotopic (exact) mass is 275 g/mol. The second-order valence-corrected chi connectivity index (χ2v) is 3.83. The summed E-state index contributed by atoms with van der Waals surface area (Å²) in [6, 6.07) is 1.90. The molecule has 104 valence electrons. The Balaban J connectivity index is 2.43. The van der Waals surface area contributed by atoms with E-state index in [9.17, 15) is 22.8 Å². The van der Waals surface area contributed by atoms with E-state index in [4.69, 9.17) is 5.11 Å². The van der Waals surface area contributed by atoms with Crippen LogP contribution in [0.1, 0.15) is 18.4 Å². The highest BCUT2D eigenvalue weighted by Crippen LogP contribution is 2.15. The van der Waals surface area contributed by atoms with Gasteiger partial charge in [-0.25, -0.2) is 13.2 Å². The number of nitrogens with one attached hydrogen (secondary N) is 1. The summed E-state index contributed by atoms with van der Waals surface area (Å²) >= 11 is 0. The zero-order valence-electron chi connectivity index (χ0n) is 9.88. The van der Waals surface area contributed by atoms with Crippen molar-refractivity contribution in [3.05, 3.63) is 35.1 Å². The first-order chi connectivity index (χ1) is 8.91. The van der Waals surface area contributed by atoms with E-state index in [1.54, 1.807) is 0 Å². The van der Waals surface area contributed by atoms with Crippen molar-refractivity contribution >= 4 is 11.9 Å². The molecule has 7 heteroatoms. The van der Waals surface area contributed by atoms with Crippen LogP contribution in [0.2, 0.25) is 0 Å². The van der Waals surface area contributed by atoms with Crippen LogP contribution in [-0.4, -0.2) is 23.5 Å². The molecule has 0 radical (unpaired) electrons. The first-order valence-electron chi connectivity index (χ1n) is 5.52. The Bertz CT molecular complexity index is 491. The van der Waals surface area contributed by atoms with Crippen molar-refractivity contribution in [3.8, 4) is 0 Å². The highest BCUT2D eigenvalue weighted by Gasteiger charge is 2.13. The predicted molar refractivity (Wildman–Crippen MR) is 59.9 cm³/mol. The molecule has 0 saturated heterocycles. The van der Waals surface area contributed by atoms with E-state index in [0.717, 1.165) is 12.1 Å². The molecule has 1 aromatic carbocycles. The van der Waals surface area contributed by atoms with E-state index >= 15 is 0 Å². The van der Waals surface area contributed by atoms with Gasteiger partial charge in [-0.05, 0) is 18.1 Å². The molecule has 0 saturated carbocycles. The lowest BCUT2D eigenvalue weighted by molar-refractivity contribution is -0.138. The van der Waals surface area contributed by atoms with Crippen LogP contribution < -0.4 is 5.32 Å². The van der Waals surface area contributed by atoms with Gasteiger partial charge >= 0.3 is 5.97 Å². The fourth-order valence-electron chi connectivity index (χ4n) is 1.40. The third-order valence-electron chi connectivity index (χ3n) is 2.40. The third kappa shape index (κ3) is 4.61. The van der Waals surface area contributed by atoms with Crippen LogP contribution in [0.3, 0.4) is 0 Å². The molecule has 0 aliphatic carbocycles. The van der Waals surface area contributed by atoms with Gasteiger partial charge in [0.2, 0.25) is 5.91 Å². The largest absolute Gasteiger partial charge is 0.481 e. The van der Waals surface area contributed by atoms with E-state index in [1.165, 1.54) is 0 Å². The molecule has 0 atom stereocenters. The van der Waals surface area contributed by atoms with Crippen molar-refractivity contribution in [1.29, 1.82) is 0 Å². The molecule has 0 fully saturated rings. The average molecular weight is 275 g/mol. The minimum Gasteiger partial charge on any atom is -0.481 e. The van der Waals surface area contributed by atoms with Gasteiger partial charge in [-0.15, -0.1) is 0 Å². The van der Waals surface area contributed by atoms with Crippen molar-refractivity contribution in [2.24, 2.45) is 0 Å². The Kier molecular flexibility index (Phi) is 5.35. The fourth-order valence-corrected chi connectivity index (χ4v) is 1.40. The predicted octanol–water partition coefficient (Wildman–Crippen LogP) is 1.63. The molecule has 0 bridgehead atoms. The number of carboxylic acids is 1. The van der Waals surface area contributed by atoms with E-state index in [1.807, 2.05) is 0 Å². The van der Waals surface area contributed by atoms with Crippen molar-refractivity contribution in [2.75, 3.05) is 6.54 Å². The first-order valence-corrected chi connectivity index (χ1v) is 5.52. The van der Waals surface area contributed by atoms with Gasteiger partial charge < -0.3 is 10.4 Å². The van der Waals surface area contributed by atoms with Gasteiger partial charge in [0.05, 0.1) is 6.42 Å². The van der Waals surface area contributed by atoms with Gasteiger partial charge in [-0.3, -0.25) is 9.59 Å². The summed E-state index contributed by atoms with van der Waals surface area (Å²) in [6.07, 6.45) is -0.497. The normalized spacial score (nSPS) is 10.3. The smallest absolute Gasteiger partial charge is 0.303 e. The maximum absolute atomic E-state index is 13.2. The molecule has 0 heterocycles. The highest BCUT2D eigenvalue weighted by atomic mass is 19.2. The summed E-state index contributed by atoms with van der Waals surface area (Å²) in [5.74, 6) is -5.69. The highest BCUT2D eigenvalue weighted by molar-refractivity contribution is 5.80. The van der Waals surface area contributed by atoms with Gasteiger partial charge in [0.1, 0.15) is 0 Å². The number of carboxylic acid groups (broad SMARTS) is 1. The average Bonchev–Trinajstić information content (AvgIpc) is 2.36. The van der Waals surface area contributed by atoms with E-state index in [0.29, 0.717) is 0 Å². The quantitative estimate of drug-likeness (QED) is 0.775. The molecule has 2 N–H and O–H groups in total.